The number of aromatic nitrogens is 1. The number of carboxylic acid groups (broad SMARTS) is 1. The Labute approximate surface area is 231 Å². The van der Waals surface area contributed by atoms with Gasteiger partial charge in [-0.3, -0.25) is 4.79 Å². The Morgan fingerprint density at radius 1 is 1.03 bits per heavy atom. The lowest BCUT2D eigenvalue weighted by atomic mass is 10.1. The number of aliphatic imine (C=N–C) groups is 1. The van der Waals surface area contributed by atoms with Gasteiger partial charge in [0.1, 0.15) is 17.9 Å². The van der Waals surface area contributed by atoms with Crippen LogP contribution in [0.15, 0.2) is 23.2 Å². The first-order valence-corrected chi connectivity index (χ1v) is 16.7. The lowest BCUT2D eigenvalue weighted by Gasteiger charge is -2.28. The molecule has 0 bridgehead atoms. The van der Waals surface area contributed by atoms with Gasteiger partial charge in [-0.1, -0.05) is 31.8 Å². The van der Waals surface area contributed by atoms with E-state index in [1.54, 1.807) is 66.7 Å². The first kappa shape index (κ1) is 32.0. The van der Waals surface area contributed by atoms with Gasteiger partial charge in [0.05, 0.1) is 6.42 Å². The van der Waals surface area contributed by atoms with Crippen molar-refractivity contribution in [2.45, 2.75) is 91.8 Å². The third-order valence-corrected chi connectivity index (χ3v) is 7.09. The minimum atomic E-state index is -1.39. The first-order chi connectivity index (χ1) is 17.8. The molecule has 10 nitrogen and oxygen atoms in total. The van der Waals surface area contributed by atoms with Crippen molar-refractivity contribution in [2.75, 3.05) is 13.3 Å². The number of ether oxygens (including phenoxy) is 3. The van der Waals surface area contributed by atoms with Crippen molar-refractivity contribution in [2.24, 2.45) is 4.99 Å². The Hall–Kier alpha value is -3.18. The van der Waals surface area contributed by atoms with E-state index in [2.05, 4.69) is 29.6 Å². The number of aromatic amines is 1. The Morgan fingerprint density at radius 3 is 2.18 bits per heavy atom. The fourth-order valence-corrected chi connectivity index (χ4v) is 4.37. The molecule has 2 N–H and O–H groups in total. The molecule has 0 saturated heterocycles. The SMILES string of the molecule is Cc1[nH]c2cc(/C(=N/C(=O)OC(C)(C)C)N(COCC[Si](C)(C)C)C(=O)OC(C)(C)C)ccc2c1CC(=O)O. The molecular formula is C28H43N3O7Si. The van der Waals surface area contributed by atoms with Crippen molar-refractivity contribution >= 4 is 43.0 Å². The lowest BCUT2D eigenvalue weighted by Crippen LogP contribution is -2.43. The summed E-state index contributed by atoms with van der Waals surface area (Å²) < 4.78 is 17.0. The summed E-state index contributed by atoms with van der Waals surface area (Å²) in [6.45, 7) is 19.1. The standard InChI is InChI=1S/C28H43N3O7Si/c1-18-21(16-23(32)33)20-12-11-19(15-22(20)29-18)24(30-25(34)37-27(2,3)4)31(26(35)38-28(5,6)7)17-36-13-14-39(8,9)10/h11-12,15,29H,13-14,16-17H2,1-10H3,(H,32,33)/b30-24-. The third kappa shape index (κ3) is 10.5. The second-order valence-electron chi connectivity index (χ2n) is 12.7. The van der Waals surface area contributed by atoms with Crippen LogP contribution in [0.5, 0.6) is 0 Å². The number of aliphatic carboxylic acids is 1. The maximum Gasteiger partial charge on any atom is 0.436 e. The van der Waals surface area contributed by atoms with Crippen molar-refractivity contribution in [3.05, 3.63) is 35.0 Å². The van der Waals surface area contributed by atoms with Crippen LogP contribution < -0.4 is 0 Å². The van der Waals surface area contributed by atoms with E-state index in [9.17, 15) is 19.5 Å². The first-order valence-electron chi connectivity index (χ1n) is 13.0. The minimum Gasteiger partial charge on any atom is -0.481 e. The Morgan fingerprint density at radius 2 is 1.64 bits per heavy atom. The van der Waals surface area contributed by atoms with E-state index in [1.807, 2.05) is 0 Å². The van der Waals surface area contributed by atoms with E-state index in [4.69, 9.17) is 14.2 Å². The molecular weight excluding hydrogens is 518 g/mol. The number of hydrogen-bond acceptors (Lipinski definition) is 6. The molecule has 1 aromatic heterocycles. The average Bonchev–Trinajstić information content (AvgIpc) is 3.03. The van der Waals surface area contributed by atoms with Gasteiger partial charge in [0, 0.05) is 36.8 Å². The molecule has 0 aliphatic carbocycles. The van der Waals surface area contributed by atoms with Gasteiger partial charge in [0.15, 0.2) is 5.84 Å². The van der Waals surface area contributed by atoms with E-state index in [1.165, 1.54) is 4.90 Å². The highest BCUT2D eigenvalue weighted by Gasteiger charge is 2.29. The summed E-state index contributed by atoms with van der Waals surface area (Å²) in [5, 5.41) is 10.1. The summed E-state index contributed by atoms with van der Waals surface area (Å²) in [6.07, 6.45) is -1.74. The predicted octanol–water partition coefficient (Wildman–Crippen LogP) is 6.33. The fraction of sp³-hybridized carbons (Fsp3) is 0.571. The molecule has 1 aromatic carbocycles. The van der Waals surface area contributed by atoms with Crippen LogP contribution in [0.3, 0.4) is 0 Å². The molecule has 0 spiro atoms. The summed E-state index contributed by atoms with van der Waals surface area (Å²) in [5.41, 5.74) is 0.833. The number of carboxylic acids is 1. The Kier molecular flexibility index (Phi) is 10.1. The van der Waals surface area contributed by atoms with Gasteiger partial charge in [-0.25, -0.2) is 14.5 Å². The molecule has 0 saturated carbocycles. The molecule has 0 fully saturated rings. The molecule has 11 heteroatoms. The average molecular weight is 562 g/mol. The van der Waals surface area contributed by atoms with Crippen molar-refractivity contribution in [1.29, 1.82) is 0 Å². The van der Waals surface area contributed by atoms with E-state index in [0.29, 0.717) is 28.9 Å². The molecule has 1 heterocycles. The smallest absolute Gasteiger partial charge is 0.436 e. The zero-order valence-electron chi connectivity index (χ0n) is 24.9. The van der Waals surface area contributed by atoms with Crippen molar-refractivity contribution < 1.29 is 33.7 Å². The molecule has 0 radical (unpaired) electrons. The van der Waals surface area contributed by atoms with E-state index in [-0.39, 0.29) is 19.0 Å². The number of fused-ring (bicyclic) bond motifs is 1. The molecule has 39 heavy (non-hydrogen) atoms. The largest absolute Gasteiger partial charge is 0.481 e. The van der Waals surface area contributed by atoms with E-state index in [0.717, 1.165) is 11.4 Å². The number of amides is 2. The van der Waals surface area contributed by atoms with Crippen LogP contribution in [0, 0.1) is 6.92 Å². The van der Waals surface area contributed by atoms with Crippen LogP contribution in [-0.4, -0.2) is 71.6 Å². The van der Waals surface area contributed by atoms with Crippen LogP contribution >= 0.6 is 0 Å². The van der Waals surface area contributed by atoms with Gasteiger partial charge in [-0.15, -0.1) is 0 Å². The number of nitrogens with one attached hydrogen (secondary N) is 1. The second-order valence-corrected chi connectivity index (χ2v) is 18.4. The molecule has 2 amide bonds. The Balaban J connectivity index is 2.62. The van der Waals surface area contributed by atoms with Crippen LogP contribution in [0.25, 0.3) is 10.9 Å². The number of aryl methyl sites for hydroxylation is 1. The lowest BCUT2D eigenvalue weighted by molar-refractivity contribution is -0.136. The highest BCUT2D eigenvalue weighted by Crippen LogP contribution is 2.25. The van der Waals surface area contributed by atoms with Gasteiger partial charge < -0.3 is 24.3 Å². The summed E-state index contributed by atoms with van der Waals surface area (Å²) in [6, 6.07) is 6.03. The quantitative estimate of drug-likeness (QED) is 0.126. The zero-order chi connectivity index (χ0) is 29.8. The molecule has 216 valence electrons. The summed E-state index contributed by atoms with van der Waals surface area (Å²) in [7, 11) is -1.39. The van der Waals surface area contributed by atoms with Crippen molar-refractivity contribution in [3.8, 4) is 0 Å². The summed E-state index contributed by atoms with van der Waals surface area (Å²) in [4.78, 5) is 46.2. The molecule has 2 aromatic rings. The number of rotatable bonds is 8. The maximum atomic E-state index is 13.4. The number of amidine groups is 1. The highest BCUT2D eigenvalue weighted by molar-refractivity contribution is 6.76. The van der Waals surface area contributed by atoms with Gasteiger partial charge in [0.2, 0.25) is 0 Å². The molecule has 0 unspecified atom stereocenters. The summed E-state index contributed by atoms with van der Waals surface area (Å²) >= 11 is 0. The third-order valence-electron chi connectivity index (χ3n) is 5.38. The van der Waals surface area contributed by atoms with E-state index < -0.39 is 37.4 Å². The molecule has 0 atom stereocenters. The van der Waals surface area contributed by atoms with Crippen LogP contribution in [0.1, 0.15) is 58.4 Å². The van der Waals surface area contributed by atoms with Gasteiger partial charge in [-0.05, 0) is 66.1 Å². The van der Waals surface area contributed by atoms with Crippen LogP contribution in [0.4, 0.5) is 9.59 Å². The summed E-state index contributed by atoms with van der Waals surface area (Å²) in [5.74, 6) is -0.942. The number of benzene rings is 1. The Bertz CT molecular complexity index is 1230. The fourth-order valence-electron chi connectivity index (χ4n) is 3.61. The molecule has 0 aliphatic rings. The van der Waals surface area contributed by atoms with Crippen molar-refractivity contribution in [1.82, 2.24) is 9.88 Å². The van der Waals surface area contributed by atoms with Gasteiger partial charge >= 0.3 is 18.2 Å². The molecule has 2 rings (SSSR count). The molecule has 0 aliphatic heterocycles. The maximum absolute atomic E-state index is 13.4. The number of carbonyl (C=O) groups excluding carboxylic acids is 2. The van der Waals surface area contributed by atoms with Gasteiger partial charge in [0.25, 0.3) is 0 Å². The van der Waals surface area contributed by atoms with Crippen LogP contribution in [-0.2, 0) is 25.4 Å². The van der Waals surface area contributed by atoms with Crippen molar-refractivity contribution in [3.63, 3.8) is 0 Å². The van der Waals surface area contributed by atoms with Crippen LogP contribution in [0.2, 0.25) is 25.7 Å². The predicted molar refractivity (Wildman–Crippen MR) is 154 cm³/mol. The number of nitrogens with zero attached hydrogens (tertiary/aromatic N) is 2. The second kappa shape index (κ2) is 12.3. The van der Waals surface area contributed by atoms with Gasteiger partial charge in [-0.2, -0.15) is 4.99 Å². The highest BCUT2D eigenvalue weighted by atomic mass is 28.3. The minimum absolute atomic E-state index is 0.000409. The topological polar surface area (TPSA) is 131 Å². The number of carbonyl (C=O) groups is 3. The number of H-pyrrole nitrogens is 1. The number of hydrogen-bond donors (Lipinski definition) is 2. The zero-order valence-corrected chi connectivity index (χ0v) is 25.9. The normalized spacial score (nSPS) is 12.9. The monoisotopic (exact) mass is 561 g/mol. The van der Waals surface area contributed by atoms with E-state index >= 15 is 0 Å².